The third kappa shape index (κ3) is 69.8. The minimum Gasteiger partial charge on any atom is -0.462 e. The summed E-state index contributed by atoms with van der Waals surface area (Å²) in [4.78, 5) is 72.7. The maximum absolute atomic E-state index is 13.1. The van der Waals surface area contributed by atoms with Gasteiger partial charge in [0.1, 0.15) is 19.3 Å². The van der Waals surface area contributed by atoms with E-state index in [0.29, 0.717) is 31.6 Å². The standard InChI is InChI=1S/C76H144O17P2/c1-8-9-10-11-12-13-14-15-17-22-25-31-36-45-52-59-75(80)92-71(63-86-73(78)57-50-43-35-30-24-21-19-16-18-20-23-28-33-40-47-54-67(2)3)65-90-94(82,83)88-61-70(77)62-89-95(84,85)91-66-72(64-87-74(79)58-51-44-39-38-42-49-56-69(6)7)93-76(81)60-53-46-37-32-27-26-29-34-41-48-55-68(4)5/h13-15,17,67-72,77H,8-12,16,18-66H2,1-7H3,(H,82,83)(H,84,85)/b14-13-,17-15-/t70-,71-,72-/m1/s1. The predicted molar refractivity (Wildman–Crippen MR) is 386 cm³/mol. The highest BCUT2D eigenvalue weighted by atomic mass is 31.2. The van der Waals surface area contributed by atoms with Crippen molar-refractivity contribution in [3.8, 4) is 0 Å². The van der Waals surface area contributed by atoms with Gasteiger partial charge in [0.15, 0.2) is 12.2 Å². The van der Waals surface area contributed by atoms with E-state index in [1.807, 2.05) is 0 Å². The first-order valence-electron chi connectivity index (χ1n) is 38.7. The summed E-state index contributed by atoms with van der Waals surface area (Å²) in [6.07, 6.45) is 55.1. The lowest BCUT2D eigenvalue weighted by Crippen LogP contribution is -2.30. The number of esters is 4. The third-order valence-electron chi connectivity index (χ3n) is 17.0. The molecular formula is C76H144O17P2. The summed E-state index contributed by atoms with van der Waals surface area (Å²) in [6, 6.07) is 0. The molecule has 17 nitrogen and oxygen atoms in total. The fraction of sp³-hybridized carbons (Fsp3) is 0.895. The number of hydrogen-bond acceptors (Lipinski definition) is 15. The minimum atomic E-state index is -4.97. The summed E-state index contributed by atoms with van der Waals surface area (Å²) in [5.74, 6) is 0.0816. The molecule has 3 N–H and O–H groups in total. The Labute approximate surface area is 580 Å². The van der Waals surface area contributed by atoms with Crippen LogP contribution in [0.15, 0.2) is 24.3 Å². The molecule has 0 saturated carbocycles. The fourth-order valence-electron chi connectivity index (χ4n) is 11.1. The third-order valence-corrected chi connectivity index (χ3v) is 18.9. The molecule has 560 valence electrons. The highest BCUT2D eigenvalue weighted by Gasteiger charge is 2.30. The lowest BCUT2D eigenvalue weighted by atomic mass is 10.0. The topological polar surface area (TPSA) is 237 Å². The van der Waals surface area contributed by atoms with E-state index < -0.39 is 97.5 Å². The molecule has 0 rings (SSSR count). The first-order valence-corrected chi connectivity index (χ1v) is 41.7. The highest BCUT2D eigenvalue weighted by molar-refractivity contribution is 7.47. The maximum Gasteiger partial charge on any atom is 0.472 e. The first kappa shape index (κ1) is 92.5. The van der Waals surface area contributed by atoms with E-state index in [1.165, 1.54) is 154 Å². The number of carbonyl (C=O) groups excluding carboxylic acids is 4. The molecule has 2 unspecified atom stereocenters. The fourth-order valence-corrected chi connectivity index (χ4v) is 12.6. The van der Waals surface area contributed by atoms with Crippen LogP contribution in [0.2, 0.25) is 0 Å². The number of aliphatic hydroxyl groups is 1. The van der Waals surface area contributed by atoms with Gasteiger partial charge in [0.2, 0.25) is 0 Å². The number of carbonyl (C=O) groups is 4. The Morgan fingerprint density at radius 3 is 0.853 bits per heavy atom. The smallest absolute Gasteiger partial charge is 0.462 e. The van der Waals surface area contributed by atoms with Gasteiger partial charge in [-0.25, -0.2) is 9.13 Å². The van der Waals surface area contributed by atoms with Crippen molar-refractivity contribution in [3.05, 3.63) is 24.3 Å². The predicted octanol–water partition coefficient (Wildman–Crippen LogP) is 21.7. The second-order valence-corrected chi connectivity index (χ2v) is 31.0. The van der Waals surface area contributed by atoms with E-state index in [-0.39, 0.29) is 25.7 Å². The molecule has 95 heavy (non-hydrogen) atoms. The van der Waals surface area contributed by atoms with Crippen molar-refractivity contribution in [2.24, 2.45) is 17.8 Å². The summed E-state index contributed by atoms with van der Waals surface area (Å²) in [5.41, 5.74) is 0. The zero-order valence-electron chi connectivity index (χ0n) is 61.6. The molecule has 0 aliphatic carbocycles. The van der Waals surface area contributed by atoms with Gasteiger partial charge in [0.05, 0.1) is 26.4 Å². The monoisotopic (exact) mass is 1390 g/mol. The van der Waals surface area contributed by atoms with Crippen molar-refractivity contribution in [1.29, 1.82) is 0 Å². The molecule has 0 aromatic rings. The second kappa shape index (κ2) is 66.1. The molecular weight excluding hydrogens is 1250 g/mol. The van der Waals surface area contributed by atoms with E-state index in [1.54, 1.807) is 0 Å². The van der Waals surface area contributed by atoms with Crippen molar-refractivity contribution in [2.45, 2.75) is 381 Å². The molecule has 0 amide bonds. The highest BCUT2D eigenvalue weighted by Crippen LogP contribution is 2.45. The van der Waals surface area contributed by atoms with Crippen LogP contribution in [0.25, 0.3) is 0 Å². The Hall–Kier alpha value is -2.46. The van der Waals surface area contributed by atoms with Crippen LogP contribution in [-0.4, -0.2) is 96.7 Å². The van der Waals surface area contributed by atoms with E-state index in [4.69, 9.17) is 37.0 Å². The minimum absolute atomic E-state index is 0.0849. The number of phosphoric ester groups is 2. The van der Waals surface area contributed by atoms with E-state index in [9.17, 15) is 43.2 Å². The van der Waals surface area contributed by atoms with Gasteiger partial charge in [0.25, 0.3) is 0 Å². The van der Waals surface area contributed by atoms with Gasteiger partial charge >= 0.3 is 39.5 Å². The Bertz CT molecular complexity index is 1950. The summed E-state index contributed by atoms with van der Waals surface area (Å²) >= 11 is 0. The molecule has 0 spiro atoms. The van der Waals surface area contributed by atoms with Crippen LogP contribution in [0.4, 0.5) is 0 Å². The number of rotatable bonds is 72. The zero-order chi connectivity index (χ0) is 70.1. The zero-order valence-corrected chi connectivity index (χ0v) is 63.4. The SMILES string of the molecule is CCCCCC/C=C\C=C/CCCCCCCC(=O)O[C@H](COC(=O)CCCCCCCCCCCCCCCCCC(C)C)COP(=O)(O)OC[C@@H](O)COP(=O)(O)OC[C@@H](COC(=O)CCCCCCCCC(C)C)OC(=O)CCCCCCCCCCCCC(C)C. The van der Waals surface area contributed by atoms with Gasteiger partial charge in [-0.05, 0) is 69.1 Å². The molecule has 0 aliphatic heterocycles. The lowest BCUT2D eigenvalue weighted by molar-refractivity contribution is -0.161. The Balaban J connectivity index is 5.26. The van der Waals surface area contributed by atoms with E-state index >= 15 is 0 Å². The average molecular weight is 1390 g/mol. The number of phosphoric acid groups is 2. The van der Waals surface area contributed by atoms with Crippen molar-refractivity contribution in [3.63, 3.8) is 0 Å². The quantitative estimate of drug-likeness (QED) is 0.0169. The molecule has 0 bridgehead atoms. The van der Waals surface area contributed by atoms with Gasteiger partial charge in [-0.1, -0.05) is 310 Å². The van der Waals surface area contributed by atoms with E-state index in [0.717, 1.165) is 121 Å². The number of ether oxygens (including phenoxy) is 4. The summed E-state index contributed by atoms with van der Waals surface area (Å²) in [7, 11) is -9.92. The van der Waals surface area contributed by atoms with Gasteiger partial charge < -0.3 is 33.8 Å². The van der Waals surface area contributed by atoms with E-state index in [2.05, 4.69) is 72.8 Å². The van der Waals surface area contributed by atoms with Crippen LogP contribution in [0.3, 0.4) is 0 Å². The number of unbranched alkanes of at least 4 members (excludes halogenated alkanes) is 37. The average Bonchev–Trinajstić information content (AvgIpc) is 2.91. The first-order chi connectivity index (χ1) is 45.7. The van der Waals surface area contributed by atoms with Crippen LogP contribution in [0.5, 0.6) is 0 Å². The Morgan fingerprint density at radius 2 is 0.568 bits per heavy atom. The van der Waals surface area contributed by atoms with Crippen LogP contribution >= 0.6 is 15.6 Å². The largest absolute Gasteiger partial charge is 0.472 e. The van der Waals surface area contributed by atoms with Crippen molar-refractivity contribution in [1.82, 2.24) is 0 Å². The number of allylic oxidation sites excluding steroid dienone is 4. The van der Waals surface area contributed by atoms with Crippen LogP contribution in [-0.2, 0) is 65.4 Å². The molecule has 5 atom stereocenters. The lowest BCUT2D eigenvalue weighted by Gasteiger charge is -2.21. The van der Waals surface area contributed by atoms with Gasteiger partial charge in [-0.3, -0.25) is 37.3 Å². The van der Waals surface area contributed by atoms with Gasteiger partial charge in [-0.2, -0.15) is 0 Å². The van der Waals surface area contributed by atoms with Crippen LogP contribution in [0.1, 0.15) is 363 Å². The summed E-state index contributed by atoms with van der Waals surface area (Å²) in [5, 5.41) is 10.6. The number of hydrogen-bond donors (Lipinski definition) is 3. The maximum atomic E-state index is 13.1. The molecule has 0 heterocycles. The van der Waals surface area contributed by atoms with Crippen LogP contribution < -0.4 is 0 Å². The Kier molecular flexibility index (Phi) is 64.4. The molecule has 19 heteroatoms. The number of aliphatic hydroxyl groups excluding tert-OH is 1. The summed E-state index contributed by atoms with van der Waals surface area (Å²) < 4.78 is 68.4. The second-order valence-electron chi connectivity index (χ2n) is 28.1. The molecule has 0 radical (unpaired) electrons. The Morgan fingerprint density at radius 1 is 0.326 bits per heavy atom. The molecule has 0 aromatic heterocycles. The van der Waals surface area contributed by atoms with Crippen LogP contribution in [0, 0.1) is 17.8 Å². The molecule has 0 aromatic carbocycles. The van der Waals surface area contributed by atoms with Crippen molar-refractivity contribution < 1.29 is 80.2 Å². The normalized spacial score (nSPS) is 14.2. The van der Waals surface area contributed by atoms with Crippen molar-refractivity contribution in [2.75, 3.05) is 39.6 Å². The molecule has 0 saturated heterocycles. The molecule has 0 fully saturated rings. The van der Waals surface area contributed by atoms with Crippen molar-refractivity contribution >= 4 is 39.5 Å². The molecule has 0 aliphatic rings. The summed E-state index contributed by atoms with van der Waals surface area (Å²) in [6.45, 7) is 11.8. The van der Waals surface area contributed by atoms with Gasteiger partial charge in [0, 0.05) is 25.7 Å². The van der Waals surface area contributed by atoms with Gasteiger partial charge in [-0.15, -0.1) is 0 Å².